The van der Waals surface area contributed by atoms with E-state index in [9.17, 15) is 9.59 Å². The number of esters is 1. The third-order valence-corrected chi connectivity index (χ3v) is 5.88. The lowest BCUT2D eigenvalue weighted by Gasteiger charge is -2.27. The van der Waals surface area contributed by atoms with Crippen molar-refractivity contribution in [2.45, 2.75) is 26.5 Å². The van der Waals surface area contributed by atoms with E-state index < -0.39 is 12.6 Å². The van der Waals surface area contributed by atoms with Crippen LogP contribution in [0.3, 0.4) is 0 Å². The molecule has 0 bridgehead atoms. The van der Waals surface area contributed by atoms with Crippen molar-refractivity contribution in [1.82, 2.24) is 4.57 Å². The zero-order chi connectivity index (χ0) is 22.8. The van der Waals surface area contributed by atoms with Crippen LogP contribution in [-0.2, 0) is 11.3 Å². The van der Waals surface area contributed by atoms with Gasteiger partial charge in [0.1, 0.15) is 6.61 Å². The van der Waals surface area contributed by atoms with Crippen molar-refractivity contribution < 1.29 is 23.8 Å². The molecule has 1 aromatic heterocycles. The Hall–Kier alpha value is -2.96. The second-order valence-electron chi connectivity index (χ2n) is 7.52. The molecule has 4 rings (SSSR count). The minimum absolute atomic E-state index is 0.118. The summed E-state index contributed by atoms with van der Waals surface area (Å²) >= 11 is 11.9. The number of carbonyl (C=O) groups excluding carboxylic acids is 2. The largest absolute Gasteiger partial charge is 0.486 e. The van der Waals surface area contributed by atoms with Gasteiger partial charge in [-0.1, -0.05) is 35.3 Å². The molecule has 0 N–H and O–H groups in total. The topological polar surface area (TPSA) is 66.8 Å². The average molecular weight is 474 g/mol. The maximum absolute atomic E-state index is 12.8. The Morgan fingerprint density at radius 2 is 1.81 bits per heavy atom. The predicted octanol–water partition coefficient (Wildman–Crippen LogP) is 5.29. The molecule has 0 radical (unpaired) electrons. The van der Waals surface area contributed by atoms with E-state index >= 15 is 0 Å². The van der Waals surface area contributed by atoms with Crippen molar-refractivity contribution in [2.24, 2.45) is 0 Å². The first-order chi connectivity index (χ1) is 15.3. The van der Waals surface area contributed by atoms with Crippen LogP contribution in [0.4, 0.5) is 0 Å². The first-order valence-corrected chi connectivity index (χ1v) is 10.8. The highest BCUT2D eigenvalue weighted by Gasteiger charge is 2.24. The predicted molar refractivity (Wildman–Crippen MR) is 121 cm³/mol. The molecule has 1 aliphatic rings. The van der Waals surface area contributed by atoms with Crippen molar-refractivity contribution >= 4 is 35.0 Å². The molecule has 1 atom stereocenters. The Bertz CT molecular complexity index is 1190. The van der Waals surface area contributed by atoms with Crippen molar-refractivity contribution in [3.8, 4) is 11.5 Å². The molecule has 1 unspecified atom stereocenters. The number of rotatable bonds is 6. The molecule has 6 nitrogen and oxygen atoms in total. The van der Waals surface area contributed by atoms with Gasteiger partial charge in [0.15, 0.2) is 24.2 Å². The van der Waals surface area contributed by atoms with E-state index in [1.807, 2.05) is 42.7 Å². The van der Waals surface area contributed by atoms with Crippen molar-refractivity contribution in [3.05, 3.63) is 81.1 Å². The van der Waals surface area contributed by atoms with Crippen LogP contribution in [0.25, 0.3) is 0 Å². The first kappa shape index (κ1) is 22.2. The number of halogens is 2. The van der Waals surface area contributed by atoms with Gasteiger partial charge in [-0.25, -0.2) is 4.79 Å². The standard InChI is InChI=1S/C24H21Cl2NO5/c1-14-9-18(21(28)13-31-24(29)19-10-16(25)7-8-20(19)26)15(2)27(14)11-17-12-30-22-5-3-4-6-23(22)32-17/h3-10,17H,11-13H2,1-2H3. The van der Waals surface area contributed by atoms with Gasteiger partial charge in [0.25, 0.3) is 0 Å². The van der Waals surface area contributed by atoms with Gasteiger partial charge < -0.3 is 18.8 Å². The summed E-state index contributed by atoms with van der Waals surface area (Å²) in [7, 11) is 0. The van der Waals surface area contributed by atoms with Crippen molar-refractivity contribution in [1.29, 1.82) is 0 Å². The summed E-state index contributed by atoms with van der Waals surface area (Å²) < 4.78 is 19.0. The summed E-state index contributed by atoms with van der Waals surface area (Å²) in [4.78, 5) is 25.1. The number of benzene rings is 2. The lowest BCUT2D eigenvalue weighted by Crippen LogP contribution is -2.33. The summed E-state index contributed by atoms with van der Waals surface area (Å²) in [6, 6.07) is 13.8. The van der Waals surface area contributed by atoms with Gasteiger partial charge in [0.05, 0.1) is 17.1 Å². The van der Waals surface area contributed by atoms with E-state index in [-0.39, 0.29) is 22.5 Å². The number of ether oxygens (including phenoxy) is 3. The molecule has 2 aromatic carbocycles. The van der Waals surface area contributed by atoms with Crippen LogP contribution in [0.5, 0.6) is 11.5 Å². The number of aryl methyl sites for hydroxylation is 1. The number of nitrogens with zero attached hydrogens (tertiary/aromatic N) is 1. The maximum atomic E-state index is 12.8. The van der Waals surface area contributed by atoms with Gasteiger partial charge in [-0.05, 0) is 50.2 Å². The van der Waals surface area contributed by atoms with E-state index in [4.69, 9.17) is 37.4 Å². The second-order valence-corrected chi connectivity index (χ2v) is 8.36. The smallest absolute Gasteiger partial charge is 0.340 e. The fraction of sp³-hybridized carbons (Fsp3) is 0.250. The normalized spacial score (nSPS) is 14.8. The van der Waals surface area contributed by atoms with Crippen LogP contribution < -0.4 is 9.47 Å². The van der Waals surface area contributed by atoms with Gasteiger partial charge in [0.2, 0.25) is 5.78 Å². The molecule has 0 fully saturated rings. The Kier molecular flexibility index (Phi) is 6.44. The number of hydrogen-bond acceptors (Lipinski definition) is 5. The lowest BCUT2D eigenvalue weighted by molar-refractivity contribution is 0.0474. The van der Waals surface area contributed by atoms with E-state index in [0.717, 1.165) is 17.1 Å². The summed E-state index contributed by atoms with van der Waals surface area (Å²) in [6.45, 7) is 4.31. The fourth-order valence-corrected chi connectivity index (χ4v) is 4.03. The highest BCUT2D eigenvalue weighted by Crippen LogP contribution is 2.31. The minimum Gasteiger partial charge on any atom is -0.486 e. The van der Waals surface area contributed by atoms with Gasteiger partial charge in [0, 0.05) is 22.0 Å². The van der Waals surface area contributed by atoms with Crippen molar-refractivity contribution in [2.75, 3.05) is 13.2 Å². The molecule has 0 saturated heterocycles. The van der Waals surface area contributed by atoms with Crippen LogP contribution in [0.2, 0.25) is 10.0 Å². The van der Waals surface area contributed by atoms with Gasteiger partial charge in [-0.2, -0.15) is 0 Å². The maximum Gasteiger partial charge on any atom is 0.340 e. The molecule has 0 spiro atoms. The van der Waals surface area contributed by atoms with E-state index in [1.165, 1.54) is 12.1 Å². The van der Waals surface area contributed by atoms with Crippen LogP contribution in [0, 0.1) is 13.8 Å². The summed E-state index contributed by atoms with van der Waals surface area (Å²) in [6.07, 6.45) is -0.194. The van der Waals surface area contributed by atoms with Gasteiger partial charge in [-0.15, -0.1) is 0 Å². The van der Waals surface area contributed by atoms with Gasteiger partial charge >= 0.3 is 5.97 Å². The molecule has 1 aliphatic heterocycles. The highest BCUT2D eigenvalue weighted by molar-refractivity contribution is 6.35. The molecule has 3 aromatic rings. The summed E-state index contributed by atoms with van der Waals surface area (Å²) in [5.41, 5.74) is 2.28. The Labute approximate surface area is 195 Å². The Morgan fingerprint density at radius 3 is 2.59 bits per heavy atom. The number of fused-ring (bicyclic) bond motifs is 1. The molecule has 166 valence electrons. The first-order valence-electron chi connectivity index (χ1n) is 10.0. The molecule has 2 heterocycles. The Balaban J connectivity index is 1.43. The third kappa shape index (κ3) is 4.61. The molecule has 0 saturated carbocycles. The Morgan fingerprint density at radius 1 is 1.06 bits per heavy atom. The molecule has 0 aliphatic carbocycles. The molecule has 0 amide bonds. The number of ketones is 1. The molecule has 32 heavy (non-hydrogen) atoms. The van der Waals surface area contributed by atoms with Crippen LogP contribution in [-0.4, -0.2) is 35.6 Å². The number of para-hydroxylation sites is 2. The minimum atomic E-state index is -0.703. The zero-order valence-electron chi connectivity index (χ0n) is 17.6. The number of hydrogen-bond donors (Lipinski definition) is 0. The highest BCUT2D eigenvalue weighted by atomic mass is 35.5. The average Bonchev–Trinajstić information content (AvgIpc) is 3.07. The number of Topliss-reactive ketones (excluding diaryl/α,β-unsaturated/α-hetero) is 1. The van der Waals surface area contributed by atoms with Crippen LogP contribution in [0.1, 0.15) is 32.1 Å². The molecular formula is C24H21Cl2NO5. The molecule has 8 heteroatoms. The third-order valence-electron chi connectivity index (χ3n) is 5.31. The van der Waals surface area contributed by atoms with Crippen molar-refractivity contribution in [3.63, 3.8) is 0 Å². The van der Waals surface area contributed by atoms with Crippen LogP contribution in [0.15, 0.2) is 48.5 Å². The van der Waals surface area contributed by atoms with E-state index in [2.05, 4.69) is 0 Å². The molecular weight excluding hydrogens is 453 g/mol. The fourth-order valence-electron chi connectivity index (χ4n) is 3.66. The number of aromatic nitrogens is 1. The van der Waals surface area contributed by atoms with E-state index in [0.29, 0.717) is 29.5 Å². The summed E-state index contributed by atoms with van der Waals surface area (Å²) in [5.74, 6) is 0.421. The quantitative estimate of drug-likeness (QED) is 0.359. The van der Waals surface area contributed by atoms with Crippen LogP contribution >= 0.6 is 23.2 Å². The zero-order valence-corrected chi connectivity index (χ0v) is 19.1. The second kappa shape index (κ2) is 9.27. The van der Waals surface area contributed by atoms with E-state index in [1.54, 1.807) is 12.1 Å². The monoisotopic (exact) mass is 473 g/mol. The number of carbonyl (C=O) groups is 2. The SMILES string of the molecule is Cc1cc(C(=O)COC(=O)c2cc(Cl)ccc2Cl)c(C)n1CC1COc2ccccc2O1. The lowest BCUT2D eigenvalue weighted by atomic mass is 10.1. The van der Waals surface area contributed by atoms with Gasteiger partial charge in [-0.3, -0.25) is 4.79 Å². The summed E-state index contributed by atoms with van der Waals surface area (Å²) in [5, 5.41) is 0.564.